The first-order valence-electron chi connectivity index (χ1n) is 18.3. The lowest BCUT2D eigenvalue weighted by molar-refractivity contribution is -0.139. The molecule has 0 bridgehead atoms. The summed E-state index contributed by atoms with van der Waals surface area (Å²) in [6.45, 7) is 11.3. The highest BCUT2D eigenvalue weighted by Gasteiger charge is 2.31. The molecule has 8 heteroatoms. The van der Waals surface area contributed by atoms with E-state index in [1.54, 1.807) is 0 Å². The molecule has 1 atom stereocenters. The highest BCUT2D eigenvalue weighted by atomic mass is 28.3. The Morgan fingerprint density at radius 3 is 2.09 bits per heavy atom. The van der Waals surface area contributed by atoms with Gasteiger partial charge in [0.15, 0.2) is 5.78 Å². The van der Waals surface area contributed by atoms with Crippen molar-refractivity contribution in [2.24, 2.45) is 17.8 Å². The van der Waals surface area contributed by atoms with E-state index in [2.05, 4.69) is 50.9 Å². The molecule has 1 aromatic carbocycles. The number of aliphatic hydroxyl groups is 2. The number of Topliss-reactive ketones (excluding diaryl/α,β-unsaturated/α-hetero) is 1. The van der Waals surface area contributed by atoms with Gasteiger partial charge in [0.25, 0.3) is 0 Å². The van der Waals surface area contributed by atoms with Crippen LogP contribution in [0.4, 0.5) is 0 Å². The van der Waals surface area contributed by atoms with E-state index >= 15 is 0 Å². The fourth-order valence-corrected chi connectivity index (χ4v) is 10.2. The van der Waals surface area contributed by atoms with Crippen LogP contribution < -0.4 is 4.74 Å². The lowest BCUT2D eigenvalue weighted by Gasteiger charge is -2.38. The van der Waals surface area contributed by atoms with E-state index < -0.39 is 20.7 Å². The maximum atomic E-state index is 12.0. The minimum atomic E-state index is -2.09. The Morgan fingerprint density at radius 1 is 0.830 bits per heavy atom. The molecule has 0 amide bonds. The normalized spacial score (nSPS) is 22.6. The van der Waals surface area contributed by atoms with Crippen molar-refractivity contribution in [3.63, 3.8) is 0 Å². The first-order valence-corrected chi connectivity index (χ1v) is 21.4. The first-order chi connectivity index (χ1) is 22.7. The van der Waals surface area contributed by atoms with E-state index in [-0.39, 0.29) is 36.8 Å². The molecule has 2 N–H and O–H groups in total. The molecular formula is C39H62O7Si. The van der Waals surface area contributed by atoms with Gasteiger partial charge in [-0.25, -0.2) is 4.79 Å². The molecule has 0 saturated heterocycles. The Labute approximate surface area is 285 Å². The number of carbonyl (C=O) groups excluding carboxylic acids is 2. The number of carbonyl (C=O) groups is 2. The lowest BCUT2D eigenvalue weighted by atomic mass is 9.68. The Morgan fingerprint density at radius 2 is 1.47 bits per heavy atom. The van der Waals surface area contributed by atoms with E-state index in [4.69, 9.17) is 24.4 Å². The average Bonchev–Trinajstić information content (AvgIpc) is 3.10. The Kier molecular flexibility index (Phi) is 17.5. The van der Waals surface area contributed by atoms with Crippen LogP contribution in [0, 0.1) is 17.8 Å². The van der Waals surface area contributed by atoms with Crippen molar-refractivity contribution < 1.29 is 34.0 Å². The van der Waals surface area contributed by atoms with Crippen LogP contribution in [0.3, 0.4) is 0 Å². The second-order valence-electron chi connectivity index (χ2n) is 14.5. The maximum Gasteiger partial charge on any atom is 0.335 e. The van der Waals surface area contributed by atoms with Crippen molar-refractivity contribution >= 4 is 19.8 Å². The van der Waals surface area contributed by atoms with Crippen LogP contribution in [0.1, 0.15) is 102 Å². The number of rotatable bonds is 22. The minimum Gasteiger partial charge on any atom is -0.494 e. The van der Waals surface area contributed by atoms with E-state index in [1.165, 1.54) is 82.6 Å². The van der Waals surface area contributed by atoms with Gasteiger partial charge in [-0.1, -0.05) is 83.3 Å². The molecule has 2 fully saturated rings. The molecule has 7 nitrogen and oxygen atoms in total. The molecule has 264 valence electrons. The number of aliphatic hydroxyl groups excluding tert-OH is 2. The summed E-state index contributed by atoms with van der Waals surface area (Å²) in [6, 6.07) is 10.2. The van der Waals surface area contributed by atoms with Crippen LogP contribution >= 0.6 is 0 Å². The van der Waals surface area contributed by atoms with Gasteiger partial charge in [-0.15, -0.1) is 0 Å². The first kappa shape index (κ1) is 39.2. The highest BCUT2D eigenvalue weighted by molar-refractivity contribution is 6.78. The van der Waals surface area contributed by atoms with Gasteiger partial charge in [0.1, 0.15) is 12.4 Å². The Balaban J connectivity index is 1.40. The third-order valence-corrected chi connectivity index (χ3v) is 14.7. The summed E-state index contributed by atoms with van der Waals surface area (Å²) in [6.07, 6.45) is 18.0. The van der Waals surface area contributed by atoms with Gasteiger partial charge < -0.3 is 24.4 Å². The number of hydrogen-bond acceptors (Lipinski definition) is 7. The summed E-state index contributed by atoms with van der Waals surface area (Å²) in [5.74, 6) is 3.49. The predicted octanol–water partition coefficient (Wildman–Crippen LogP) is 7.96. The number of ether oxygens (including phenoxy) is 3. The van der Waals surface area contributed by atoms with E-state index in [0.717, 1.165) is 36.0 Å². The van der Waals surface area contributed by atoms with Crippen LogP contribution in [0.2, 0.25) is 18.6 Å². The van der Waals surface area contributed by atoms with Crippen LogP contribution in [-0.2, 0) is 19.1 Å². The van der Waals surface area contributed by atoms with Gasteiger partial charge in [-0.05, 0) is 92.4 Å². The molecule has 1 aromatic rings. The molecule has 0 radical (unpaired) electrons. The summed E-state index contributed by atoms with van der Waals surface area (Å²) < 4.78 is 17.2. The van der Waals surface area contributed by atoms with Gasteiger partial charge >= 0.3 is 5.97 Å². The fourth-order valence-electron chi connectivity index (χ4n) is 7.49. The lowest BCUT2D eigenvalue weighted by Crippen LogP contribution is -2.39. The summed E-state index contributed by atoms with van der Waals surface area (Å²) in [5, 5.41) is 18.3. The average molecular weight is 671 g/mol. The molecule has 47 heavy (non-hydrogen) atoms. The van der Waals surface area contributed by atoms with Crippen molar-refractivity contribution in [2.75, 3.05) is 39.3 Å². The molecule has 2 aliphatic carbocycles. The van der Waals surface area contributed by atoms with Crippen LogP contribution in [0.5, 0.6) is 5.75 Å². The largest absolute Gasteiger partial charge is 0.494 e. The van der Waals surface area contributed by atoms with Crippen LogP contribution in [0.25, 0.3) is 0 Å². The number of esters is 1. The van der Waals surface area contributed by atoms with Crippen molar-refractivity contribution in [1.82, 2.24) is 0 Å². The van der Waals surface area contributed by atoms with Crippen molar-refractivity contribution in [3.05, 3.63) is 54.1 Å². The standard InChI is InChI=1S/C39H62O7Si/c1-5-6-7-9-32-10-12-33(13-11-32)34-14-16-35(17-15-34)36-18-20-37(21-19-36)45-22-8-24-47(4,25-23-46-39(43)31(3)27-41)29-44-28-38(42)30(2)26-40/h18-21,32-35,40-41H,2-3,5-17,22-29H2,1,4H3. The molecule has 0 heterocycles. The summed E-state index contributed by atoms with van der Waals surface area (Å²) in [4.78, 5) is 24.0. The van der Waals surface area contributed by atoms with E-state index in [9.17, 15) is 9.59 Å². The van der Waals surface area contributed by atoms with Crippen LogP contribution in [0.15, 0.2) is 48.6 Å². The molecule has 2 saturated carbocycles. The van der Waals surface area contributed by atoms with Crippen molar-refractivity contribution in [3.8, 4) is 5.75 Å². The predicted molar refractivity (Wildman–Crippen MR) is 191 cm³/mol. The summed E-state index contributed by atoms with van der Waals surface area (Å²) in [7, 11) is -2.09. The third-order valence-electron chi connectivity index (χ3n) is 10.8. The van der Waals surface area contributed by atoms with Gasteiger partial charge in [-0.3, -0.25) is 4.79 Å². The molecule has 0 aliphatic heterocycles. The number of hydrogen-bond donors (Lipinski definition) is 2. The van der Waals surface area contributed by atoms with Gasteiger partial charge in [0, 0.05) is 11.8 Å². The second kappa shape index (κ2) is 21.0. The fraction of sp³-hybridized carbons (Fsp3) is 0.692. The molecule has 0 aromatic heterocycles. The molecule has 2 aliphatic rings. The molecule has 3 rings (SSSR count). The summed E-state index contributed by atoms with van der Waals surface area (Å²) in [5.41, 5.74) is 1.59. The van der Waals surface area contributed by atoms with Crippen molar-refractivity contribution in [1.29, 1.82) is 0 Å². The molecular weight excluding hydrogens is 609 g/mol. The molecule has 0 spiro atoms. The Hall–Kier alpha value is -2.26. The van der Waals surface area contributed by atoms with E-state index in [1.807, 2.05) is 0 Å². The van der Waals surface area contributed by atoms with Crippen LogP contribution in [-0.4, -0.2) is 69.3 Å². The maximum absolute atomic E-state index is 12.0. The third kappa shape index (κ3) is 13.6. The Bertz CT molecular complexity index is 1070. The quantitative estimate of drug-likeness (QED) is 0.0559. The zero-order chi connectivity index (χ0) is 34.1. The van der Waals surface area contributed by atoms with Gasteiger partial charge in [-0.2, -0.15) is 0 Å². The second-order valence-corrected chi connectivity index (χ2v) is 19.5. The minimum absolute atomic E-state index is 0.0235. The van der Waals surface area contributed by atoms with Gasteiger partial charge in [0.2, 0.25) is 0 Å². The smallest absolute Gasteiger partial charge is 0.335 e. The topological polar surface area (TPSA) is 102 Å². The van der Waals surface area contributed by atoms with E-state index in [0.29, 0.717) is 24.8 Å². The van der Waals surface area contributed by atoms with Gasteiger partial charge in [0.05, 0.1) is 40.1 Å². The number of unbranched alkanes of at least 4 members (excludes halogenated alkanes) is 2. The summed E-state index contributed by atoms with van der Waals surface area (Å²) >= 11 is 0. The SMILES string of the molecule is C=C(CO)C(=O)COC[Si](C)(CCCOc1ccc(C2CCC(C3CCC(CCCCC)CC3)CC2)cc1)CCOC(=O)C(=C)CO. The molecule has 1 unspecified atom stereocenters. The monoisotopic (exact) mass is 670 g/mol. The highest BCUT2D eigenvalue weighted by Crippen LogP contribution is 2.44. The number of benzene rings is 1. The zero-order valence-corrected chi connectivity index (χ0v) is 30.3. The number of ketones is 1. The zero-order valence-electron chi connectivity index (χ0n) is 29.3. The van der Waals surface area contributed by atoms with Crippen molar-refractivity contribution in [2.45, 2.75) is 115 Å².